The van der Waals surface area contributed by atoms with Gasteiger partial charge < -0.3 is 14.3 Å². The zero-order valence-corrected chi connectivity index (χ0v) is 12.4. The number of carbonyl (C=O) groups is 2. The maximum absolute atomic E-state index is 12.6. The van der Waals surface area contributed by atoms with Gasteiger partial charge in [0.25, 0.3) is 5.91 Å². The molecule has 114 valence electrons. The van der Waals surface area contributed by atoms with Gasteiger partial charge in [0.15, 0.2) is 5.76 Å². The minimum absolute atomic E-state index is 0.109. The third-order valence-corrected chi connectivity index (χ3v) is 3.87. The number of nitrogens with zero attached hydrogens (tertiary/aromatic N) is 3. The van der Waals surface area contributed by atoms with Crippen LogP contribution in [0.5, 0.6) is 0 Å². The van der Waals surface area contributed by atoms with E-state index in [4.69, 9.17) is 4.52 Å². The molecule has 1 saturated heterocycles. The maximum Gasteiger partial charge on any atom is 0.259 e. The number of hydrogen-bond acceptors (Lipinski definition) is 4. The second-order valence-corrected chi connectivity index (χ2v) is 5.37. The molecule has 22 heavy (non-hydrogen) atoms. The van der Waals surface area contributed by atoms with Crippen molar-refractivity contribution in [2.24, 2.45) is 0 Å². The van der Waals surface area contributed by atoms with Crippen molar-refractivity contribution in [2.45, 2.75) is 6.92 Å². The lowest BCUT2D eigenvalue weighted by molar-refractivity contribution is -0.119. The van der Waals surface area contributed by atoms with Crippen LogP contribution in [0.3, 0.4) is 0 Å². The summed E-state index contributed by atoms with van der Waals surface area (Å²) in [6.45, 7) is 4.16. The van der Waals surface area contributed by atoms with Crippen LogP contribution in [0.4, 0.5) is 0 Å². The number of rotatable bonds is 3. The van der Waals surface area contributed by atoms with Crippen LogP contribution in [0.15, 0.2) is 35.0 Å². The van der Waals surface area contributed by atoms with E-state index in [2.05, 4.69) is 5.16 Å². The molecule has 0 spiro atoms. The lowest BCUT2D eigenvalue weighted by Gasteiger charge is -2.32. The normalized spacial score (nSPS) is 15.0. The van der Waals surface area contributed by atoms with E-state index < -0.39 is 0 Å². The molecule has 0 radical (unpaired) electrons. The van der Waals surface area contributed by atoms with Gasteiger partial charge >= 0.3 is 0 Å². The van der Waals surface area contributed by atoms with Gasteiger partial charge in [-0.15, -0.1) is 0 Å². The van der Waals surface area contributed by atoms with E-state index in [0.29, 0.717) is 37.5 Å². The van der Waals surface area contributed by atoms with E-state index in [1.165, 1.54) is 6.20 Å². The molecule has 1 aromatic carbocycles. The molecule has 1 fully saturated rings. The van der Waals surface area contributed by atoms with Crippen LogP contribution in [-0.4, -0.2) is 53.5 Å². The number of piperazine rings is 1. The van der Waals surface area contributed by atoms with Gasteiger partial charge in [-0.2, -0.15) is 0 Å². The molecule has 0 saturated carbocycles. The Morgan fingerprint density at radius 2 is 1.86 bits per heavy atom. The molecular formula is C16H17N3O3. The lowest BCUT2D eigenvalue weighted by atomic mass is 10.1. The van der Waals surface area contributed by atoms with Gasteiger partial charge in [-0.25, -0.2) is 0 Å². The Morgan fingerprint density at radius 3 is 2.50 bits per heavy atom. The first-order chi connectivity index (χ1) is 10.7. The first-order valence-corrected chi connectivity index (χ1v) is 7.19. The van der Waals surface area contributed by atoms with E-state index in [1.807, 2.05) is 31.2 Å². The predicted molar refractivity (Wildman–Crippen MR) is 80.2 cm³/mol. The summed E-state index contributed by atoms with van der Waals surface area (Å²) in [4.78, 5) is 26.8. The minimum Gasteiger partial charge on any atom is -0.355 e. The topological polar surface area (TPSA) is 66.7 Å². The number of amides is 2. The molecule has 2 amide bonds. The van der Waals surface area contributed by atoms with Crippen LogP contribution in [0.1, 0.15) is 15.9 Å². The number of benzene rings is 1. The van der Waals surface area contributed by atoms with Crippen molar-refractivity contribution in [3.05, 3.63) is 41.6 Å². The van der Waals surface area contributed by atoms with Crippen LogP contribution in [0.2, 0.25) is 0 Å². The van der Waals surface area contributed by atoms with Gasteiger partial charge in [-0.3, -0.25) is 9.59 Å². The van der Waals surface area contributed by atoms with Crippen molar-refractivity contribution < 1.29 is 14.1 Å². The fourth-order valence-electron chi connectivity index (χ4n) is 2.51. The second-order valence-electron chi connectivity index (χ2n) is 5.37. The molecular weight excluding hydrogens is 282 g/mol. The highest BCUT2D eigenvalue weighted by Gasteiger charge is 2.26. The van der Waals surface area contributed by atoms with E-state index in [0.717, 1.165) is 17.5 Å². The average Bonchev–Trinajstić information content (AvgIpc) is 3.04. The molecule has 2 heterocycles. The number of aromatic nitrogens is 1. The van der Waals surface area contributed by atoms with Crippen molar-refractivity contribution in [1.29, 1.82) is 0 Å². The lowest BCUT2D eigenvalue weighted by Crippen LogP contribution is -2.48. The fourth-order valence-corrected chi connectivity index (χ4v) is 2.51. The zero-order valence-electron chi connectivity index (χ0n) is 12.4. The largest absolute Gasteiger partial charge is 0.355 e. The quantitative estimate of drug-likeness (QED) is 0.807. The first-order valence-electron chi connectivity index (χ1n) is 7.19. The molecule has 1 aliphatic heterocycles. The highest BCUT2D eigenvalue weighted by Crippen LogP contribution is 2.25. The smallest absolute Gasteiger partial charge is 0.259 e. The van der Waals surface area contributed by atoms with Crippen LogP contribution in [0.25, 0.3) is 11.3 Å². The standard InChI is InChI=1S/C16H17N3O3/c1-12-2-4-13(5-3-12)15-14(10-17-22-15)16(21)19-8-6-18(11-20)7-9-19/h2-5,10-11H,6-9H2,1H3. The molecule has 6 heteroatoms. The monoisotopic (exact) mass is 299 g/mol. The van der Waals surface area contributed by atoms with E-state index in [9.17, 15) is 9.59 Å². The summed E-state index contributed by atoms with van der Waals surface area (Å²) >= 11 is 0. The van der Waals surface area contributed by atoms with Crippen LogP contribution < -0.4 is 0 Å². The highest BCUT2D eigenvalue weighted by molar-refractivity contribution is 5.99. The summed E-state index contributed by atoms with van der Waals surface area (Å²) < 4.78 is 5.28. The third kappa shape index (κ3) is 2.72. The van der Waals surface area contributed by atoms with Gasteiger partial charge in [0.1, 0.15) is 5.56 Å². The summed E-state index contributed by atoms with van der Waals surface area (Å²) in [5, 5.41) is 3.78. The summed E-state index contributed by atoms with van der Waals surface area (Å²) in [6, 6.07) is 7.76. The van der Waals surface area contributed by atoms with E-state index in [1.54, 1.807) is 9.80 Å². The Morgan fingerprint density at radius 1 is 1.18 bits per heavy atom. The third-order valence-electron chi connectivity index (χ3n) is 3.87. The van der Waals surface area contributed by atoms with Gasteiger partial charge in [0, 0.05) is 31.7 Å². The summed E-state index contributed by atoms with van der Waals surface area (Å²) in [7, 11) is 0. The number of aryl methyl sites for hydroxylation is 1. The van der Waals surface area contributed by atoms with E-state index >= 15 is 0 Å². The molecule has 0 bridgehead atoms. The highest BCUT2D eigenvalue weighted by atomic mass is 16.5. The predicted octanol–water partition coefficient (Wildman–Crippen LogP) is 1.56. The van der Waals surface area contributed by atoms with Crippen LogP contribution in [-0.2, 0) is 4.79 Å². The summed E-state index contributed by atoms with van der Waals surface area (Å²) in [5.41, 5.74) is 2.43. The van der Waals surface area contributed by atoms with Crippen molar-refractivity contribution in [1.82, 2.24) is 15.0 Å². The number of hydrogen-bond donors (Lipinski definition) is 0. The van der Waals surface area contributed by atoms with Gasteiger partial charge in [0.2, 0.25) is 6.41 Å². The SMILES string of the molecule is Cc1ccc(-c2oncc2C(=O)N2CCN(C=O)CC2)cc1. The summed E-state index contributed by atoms with van der Waals surface area (Å²) in [5.74, 6) is 0.380. The Labute approximate surface area is 128 Å². The molecule has 6 nitrogen and oxygen atoms in total. The van der Waals surface area contributed by atoms with E-state index in [-0.39, 0.29) is 5.91 Å². The van der Waals surface area contributed by atoms with Crippen LogP contribution in [0, 0.1) is 6.92 Å². The minimum atomic E-state index is -0.109. The Kier molecular flexibility index (Phi) is 3.91. The fraction of sp³-hybridized carbons (Fsp3) is 0.312. The molecule has 0 atom stereocenters. The maximum atomic E-state index is 12.6. The molecule has 3 rings (SSSR count). The van der Waals surface area contributed by atoms with Gasteiger partial charge in [-0.1, -0.05) is 35.0 Å². The molecule has 0 unspecified atom stereocenters. The molecule has 0 N–H and O–H groups in total. The first kappa shape index (κ1) is 14.3. The zero-order chi connectivity index (χ0) is 15.5. The molecule has 1 aliphatic rings. The van der Waals surface area contributed by atoms with Gasteiger partial charge in [-0.05, 0) is 6.92 Å². The number of carbonyl (C=O) groups excluding carboxylic acids is 2. The summed E-state index contributed by atoms with van der Waals surface area (Å²) in [6.07, 6.45) is 2.28. The molecule has 0 aliphatic carbocycles. The van der Waals surface area contributed by atoms with Crippen molar-refractivity contribution >= 4 is 12.3 Å². The molecule has 2 aromatic rings. The second kappa shape index (κ2) is 6.01. The average molecular weight is 299 g/mol. The Balaban J connectivity index is 1.81. The van der Waals surface area contributed by atoms with Gasteiger partial charge in [0.05, 0.1) is 6.20 Å². The van der Waals surface area contributed by atoms with Crippen molar-refractivity contribution in [3.63, 3.8) is 0 Å². The molecule has 1 aromatic heterocycles. The Hall–Kier alpha value is -2.63. The van der Waals surface area contributed by atoms with Crippen molar-refractivity contribution in [3.8, 4) is 11.3 Å². The Bertz CT molecular complexity index is 670. The van der Waals surface area contributed by atoms with Crippen molar-refractivity contribution in [2.75, 3.05) is 26.2 Å². The van der Waals surface area contributed by atoms with Crippen LogP contribution >= 0.6 is 0 Å².